The number of para-hydroxylation sites is 3. The lowest BCUT2D eigenvalue weighted by atomic mass is 9.97. The molecule has 0 atom stereocenters. The van der Waals surface area contributed by atoms with E-state index in [4.69, 9.17) is 4.42 Å². The SMILES string of the molecule is c1cc(-c2cccc3oc4c5ccccc5ccc4c23)cc(N(c2ccc(-c3ccc4sc5ccccc5c4c3)cc2)c2ccc(-c3ccccc3-n3c4ccccc4c4ccccc43)cc2)c1. The molecule has 318 valence electrons. The Kier molecular flexibility index (Phi) is 8.76. The van der Waals surface area contributed by atoms with Gasteiger partial charge in [-0.05, 0) is 118 Å². The average Bonchev–Trinajstić information content (AvgIpc) is 4.09. The minimum atomic E-state index is 0.886. The lowest BCUT2D eigenvalue weighted by Gasteiger charge is -2.26. The van der Waals surface area contributed by atoms with Crippen molar-refractivity contribution in [3.05, 3.63) is 243 Å². The maximum atomic E-state index is 6.64. The second-order valence-electron chi connectivity index (χ2n) is 17.6. The Balaban J connectivity index is 0.900. The van der Waals surface area contributed by atoms with E-state index < -0.39 is 0 Å². The van der Waals surface area contributed by atoms with Gasteiger partial charge >= 0.3 is 0 Å². The molecule has 0 N–H and O–H groups in total. The van der Waals surface area contributed by atoms with Crippen molar-refractivity contribution in [2.45, 2.75) is 0 Å². The Morgan fingerprint density at radius 3 is 1.76 bits per heavy atom. The molecule has 0 unspecified atom stereocenters. The quantitative estimate of drug-likeness (QED) is 0.159. The highest BCUT2D eigenvalue weighted by atomic mass is 32.1. The first-order chi connectivity index (χ1) is 33.7. The Morgan fingerprint density at radius 2 is 0.971 bits per heavy atom. The minimum absolute atomic E-state index is 0.886. The first kappa shape index (κ1) is 38.6. The zero-order valence-electron chi connectivity index (χ0n) is 36.8. The number of benzene rings is 11. The highest BCUT2D eigenvalue weighted by Crippen LogP contribution is 2.44. The van der Waals surface area contributed by atoms with Crippen LogP contribution in [-0.4, -0.2) is 4.57 Å². The Hall–Kier alpha value is -8.70. The van der Waals surface area contributed by atoms with Crippen LogP contribution >= 0.6 is 11.3 Å². The third-order valence-electron chi connectivity index (χ3n) is 13.8. The molecule has 0 saturated carbocycles. The lowest BCUT2D eigenvalue weighted by molar-refractivity contribution is 0.673. The van der Waals surface area contributed by atoms with Crippen molar-refractivity contribution >= 4 is 103 Å². The molecule has 3 nitrogen and oxygen atoms in total. The number of anilines is 3. The summed E-state index contributed by atoms with van der Waals surface area (Å²) in [5.41, 5.74) is 15.5. The van der Waals surface area contributed by atoms with Crippen LogP contribution in [0.3, 0.4) is 0 Å². The fourth-order valence-electron chi connectivity index (χ4n) is 10.6. The maximum Gasteiger partial charge on any atom is 0.143 e. The van der Waals surface area contributed by atoms with Gasteiger partial charge in [0.05, 0.1) is 16.7 Å². The molecule has 0 amide bonds. The topological polar surface area (TPSA) is 21.3 Å². The fraction of sp³-hybridized carbons (Fsp3) is 0. The predicted molar refractivity (Wildman–Crippen MR) is 289 cm³/mol. The van der Waals surface area contributed by atoms with Crippen LogP contribution in [0.4, 0.5) is 17.1 Å². The number of hydrogen-bond acceptors (Lipinski definition) is 3. The van der Waals surface area contributed by atoms with Crippen LogP contribution in [0.15, 0.2) is 247 Å². The van der Waals surface area contributed by atoms with Crippen LogP contribution in [0, 0.1) is 0 Å². The van der Waals surface area contributed by atoms with Gasteiger partial charge in [0.15, 0.2) is 0 Å². The summed E-state index contributed by atoms with van der Waals surface area (Å²) >= 11 is 1.86. The molecular formula is C64H40N2OS. The Labute approximate surface area is 396 Å². The molecule has 3 heterocycles. The zero-order chi connectivity index (χ0) is 44.7. The standard InChI is InChI=1S/C64H40N2OS/c1-2-17-51-42(13-1)31-37-55-63-50(21-12-25-60(63)67-64(51)55)45-14-11-15-48(39-45)65(46-33-27-41(28-34-46)44-32-38-62-56(40-44)54-20-6-10-26-61(54)68-62)47-35-29-43(30-36-47)49-16-3-7-22-57(49)66-58-23-8-4-18-52(58)53-19-5-9-24-59(53)66/h1-40H. The number of furan rings is 1. The van der Waals surface area contributed by atoms with Crippen molar-refractivity contribution in [2.24, 2.45) is 0 Å². The molecule has 0 spiro atoms. The first-order valence-corrected chi connectivity index (χ1v) is 24.0. The summed E-state index contributed by atoms with van der Waals surface area (Å²) < 4.78 is 11.7. The molecule has 14 aromatic rings. The number of fused-ring (bicyclic) bond motifs is 11. The second-order valence-corrected chi connectivity index (χ2v) is 18.7. The molecule has 68 heavy (non-hydrogen) atoms. The van der Waals surface area contributed by atoms with Gasteiger partial charge < -0.3 is 13.9 Å². The van der Waals surface area contributed by atoms with Crippen LogP contribution in [0.2, 0.25) is 0 Å². The van der Waals surface area contributed by atoms with Gasteiger partial charge in [-0.1, -0.05) is 158 Å². The fourth-order valence-corrected chi connectivity index (χ4v) is 11.7. The molecule has 0 aliphatic heterocycles. The first-order valence-electron chi connectivity index (χ1n) is 23.2. The molecule has 4 heteroatoms. The third-order valence-corrected chi connectivity index (χ3v) is 15.0. The van der Waals surface area contributed by atoms with Crippen molar-refractivity contribution < 1.29 is 4.42 Å². The number of thiophene rings is 1. The van der Waals surface area contributed by atoms with E-state index in [2.05, 4.69) is 252 Å². The number of nitrogens with zero attached hydrogens (tertiary/aromatic N) is 2. The number of rotatable bonds is 7. The van der Waals surface area contributed by atoms with E-state index in [1.54, 1.807) is 0 Å². The van der Waals surface area contributed by atoms with Gasteiger partial charge in [0.25, 0.3) is 0 Å². The van der Waals surface area contributed by atoms with Crippen LogP contribution in [0.1, 0.15) is 0 Å². The summed E-state index contributed by atoms with van der Waals surface area (Å²) in [4.78, 5) is 2.38. The Morgan fingerprint density at radius 1 is 0.353 bits per heavy atom. The molecule has 0 fully saturated rings. The molecule has 0 saturated heterocycles. The van der Waals surface area contributed by atoms with Gasteiger partial charge in [-0.3, -0.25) is 0 Å². The van der Waals surface area contributed by atoms with Crippen LogP contribution in [-0.2, 0) is 0 Å². The van der Waals surface area contributed by atoms with Crippen molar-refractivity contribution in [2.75, 3.05) is 4.90 Å². The highest BCUT2D eigenvalue weighted by Gasteiger charge is 2.20. The van der Waals surface area contributed by atoms with Crippen molar-refractivity contribution in [3.8, 4) is 39.1 Å². The van der Waals surface area contributed by atoms with Crippen molar-refractivity contribution in [1.29, 1.82) is 0 Å². The molecule has 14 rings (SSSR count). The summed E-state index contributed by atoms with van der Waals surface area (Å²) in [7, 11) is 0. The van der Waals surface area contributed by atoms with Crippen molar-refractivity contribution in [1.82, 2.24) is 4.57 Å². The van der Waals surface area contributed by atoms with Crippen LogP contribution in [0.25, 0.3) is 114 Å². The molecule has 11 aromatic carbocycles. The summed E-state index contributed by atoms with van der Waals surface area (Å²) in [6, 6.07) is 88.2. The predicted octanol–water partition coefficient (Wildman–Crippen LogP) is 18.7. The molecule has 0 aliphatic rings. The molecule has 0 radical (unpaired) electrons. The molecule has 3 aromatic heterocycles. The van der Waals surface area contributed by atoms with Gasteiger partial charge in [0.2, 0.25) is 0 Å². The maximum absolute atomic E-state index is 6.64. The van der Waals surface area contributed by atoms with Gasteiger partial charge in [0, 0.05) is 69.7 Å². The van der Waals surface area contributed by atoms with Gasteiger partial charge in [-0.25, -0.2) is 0 Å². The zero-order valence-corrected chi connectivity index (χ0v) is 37.6. The normalized spacial score (nSPS) is 11.8. The second kappa shape index (κ2) is 15.5. The van der Waals surface area contributed by atoms with Gasteiger partial charge in [-0.15, -0.1) is 11.3 Å². The van der Waals surface area contributed by atoms with E-state index in [9.17, 15) is 0 Å². The van der Waals surface area contributed by atoms with Crippen molar-refractivity contribution in [3.63, 3.8) is 0 Å². The number of hydrogen-bond donors (Lipinski definition) is 0. The lowest BCUT2D eigenvalue weighted by Crippen LogP contribution is -2.10. The van der Waals surface area contributed by atoms with Crippen LogP contribution < -0.4 is 4.90 Å². The van der Waals surface area contributed by atoms with E-state index >= 15 is 0 Å². The van der Waals surface area contributed by atoms with Gasteiger partial charge in [0.1, 0.15) is 11.2 Å². The van der Waals surface area contributed by atoms with E-state index in [0.29, 0.717) is 0 Å². The largest absolute Gasteiger partial charge is 0.455 e. The average molecular weight is 885 g/mol. The summed E-state index contributed by atoms with van der Waals surface area (Å²) in [6.07, 6.45) is 0. The summed E-state index contributed by atoms with van der Waals surface area (Å²) in [6.45, 7) is 0. The molecular weight excluding hydrogens is 845 g/mol. The van der Waals surface area contributed by atoms with E-state index in [1.165, 1.54) is 64.1 Å². The minimum Gasteiger partial charge on any atom is -0.455 e. The number of aromatic nitrogens is 1. The third kappa shape index (κ3) is 6.12. The summed E-state index contributed by atoms with van der Waals surface area (Å²) in [5.74, 6) is 0. The smallest absolute Gasteiger partial charge is 0.143 e. The molecule has 0 aliphatic carbocycles. The van der Waals surface area contributed by atoms with E-state index in [1.807, 2.05) is 11.3 Å². The van der Waals surface area contributed by atoms with Gasteiger partial charge in [-0.2, -0.15) is 0 Å². The Bertz CT molecular complexity index is 4210. The van der Waals surface area contributed by atoms with Crippen LogP contribution in [0.5, 0.6) is 0 Å². The molecule has 0 bridgehead atoms. The summed E-state index contributed by atoms with van der Waals surface area (Å²) in [5, 5.41) is 9.67. The van der Waals surface area contributed by atoms with E-state index in [0.717, 1.165) is 66.8 Å². The highest BCUT2D eigenvalue weighted by molar-refractivity contribution is 7.25. The monoisotopic (exact) mass is 884 g/mol. The van der Waals surface area contributed by atoms with E-state index in [-0.39, 0.29) is 0 Å².